The van der Waals surface area contributed by atoms with Crippen molar-refractivity contribution < 1.29 is 4.74 Å². The maximum Gasteiger partial charge on any atom is 0.137 e. The monoisotopic (exact) mass is 224 g/mol. The quantitative estimate of drug-likeness (QED) is 0.804. The van der Waals surface area contributed by atoms with E-state index in [1.165, 1.54) is 12.8 Å². The first-order chi connectivity index (χ1) is 7.84. The third-order valence-corrected chi connectivity index (χ3v) is 2.94. The Labute approximate surface area is 96.2 Å². The van der Waals surface area contributed by atoms with Crippen molar-refractivity contribution >= 4 is 0 Å². The molecule has 2 unspecified atom stereocenters. The molecule has 0 saturated carbocycles. The van der Waals surface area contributed by atoms with E-state index in [2.05, 4.69) is 22.3 Å². The highest BCUT2D eigenvalue weighted by molar-refractivity contribution is 4.74. The van der Waals surface area contributed by atoms with E-state index in [9.17, 15) is 0 Å². The van der Waals surface area contributed by atoms with Gasteiger partial charge in [0.2, 0.25) is 0 Å². The van der Waals surface area contributed by atoms with Crippen molar-refractivity contribution in [2.45, 2.75) is 44.8 Å². The molecule has 0 aliphatic carbocycles. The Bertz CT molecular complexity index is 282. The molecule has 1 fully saturated rings. The summed E-state index contributed by atoms with van der Waals surface area (Å²) in [7, 11) is 0. The highest BCUT2D eigenvalue weighted by atomic mass is 16.5. The maximum atomic E-state index is 5.44. The van der Waals surface area contributed by atoms with Crippen molar-refractivity contribution in [3.05, 3.63) is 12.7 Å². The van der Waals surface area contributed by atoms with Gasteiger partial charge in [0.25, 0.3) is 0 Å². The number of nitrogens with one attached hydrogen (secondary N) is 1. The van der Waals surface area contributed by atoms with Crippen molar-refractivity contribution in [1.29, 1.82) is 0 Å². The Morgan fingerprint density at radius 3 is 3.25 bits per heavy atom. The number of aryl methyl sites for hydroxylation is 1. The van der Waals surface area contributed by atoms with Gasteiger partial charge in [0.15, 0.2) is 0 Å². The van der Waals surface area contributed by atoms with Crippen molar-refractivity contribution in [2.75, 3.05) is 13.2 Å². The van der Waals surface area contributed by atoms with Gasteiger partial charge in [0, 0.05) is 25.2 Å². The predicted molar refractivity (Wildman–Crippen MR) is 61.1 cm³/mol. The van der Waals surface area contributed by atoms with Crippen LogP contribution in [-0.2, 0) is 11.3 Å². The molecule has 5 nitrogen and oxygen atoms in total. The van der Waals surface area contributed by atoms with E-state index in [1.807, 2.05) is 4.68 Å². The van der Waals surface area contributed by atoms with Gasteiger partial charge in [-0.2, -0.15) is 5.10 Å². The maximum absolute atomic E-state index is 5.44. The zero-order valence-corrected chi connectivity index (χ0v) is 9.80. The van der Waals surface area contributed by atoms with Gasteiger partial charge in [0.05, 0.1) is 6.61 Å². The van der Waals surface area contributed by atoms with Crippen LogP contribution in [0.1, 0.15) is 26.2 Å². The first-order valence-electron chi connectivity index (χ1n) is 6.01. The van der Waals surface area contributed by atoms with Crippen LogP contribution < -0.4 is 5.32 Å². The molecule has 5 heteroatoms. The van der Waals surface area contributed by atoms with Crippen LogP contribution in [0, 0.1) is 0 Å². The van der Waals surface area contributed by atoms with E-state index in [0.29, 0.717) is 12.1 Å². The lowest BCUT2D eigenvalue weighted by molar-refractivity contribution is 0.0665. The molecule has 2 heterocycles. The van der Waals surface area contributed by atoms with Crippen LogP contribution in [-0.4, -0.2) is 40.1 Å². The predicted octanol–water partition coefficient (Wildman–Crippen LogP) is 0.825. The van der Waals surface area contributed by atoms with Gasteiger partial charge in [-0.15, -0.1) is 0 Å². The minimum absolute atomic E-state index is 0.496. The molecule has 0 bridgehead atoms. The van der Waals surface area contributed by atoms with Crippen LogP contribution in [0.4, 0.5) is 0 Å². The van der Waals surface area contributed by atoms with Gasteiger partial charge < -0.3 is 10.1 Å². The number of hydrogen-bond acceptors (Lipinski definition) is 4. The van der Waals surface area contributed by atoms with Crippen LogP contribution in [0.3, 0.4) is 0 Å². The van der Waals surface area contributed by atoms with E-state index in [0.717, 1.165) is 26.2 Å². The summed E-state index contributed by atoms with van der Waals surface area (Å²) in [5.74, 6) is 0. The second-order valence-electron chi connectivity index (χ2n) is 4.43. The zero-order chi connectivity index (χ0) is 11.2. The second-order valence-corrected chi connectivity index (χ2v) is 4.43. The van der Waals surface area contributed by atoms with Crippen molar-refractivity contribution in [1.82, 2.24) is 20.1 Å². The minimum atomic E-state index is 0.496. The first-order valence-corrected chi connectivity index (χ1v) is 6.01. The standard InChI is InChI=1S/C11H20N4O/c1-10(4-5-15-9-12-8-13-15)14-11-3-2-6-16-7-11/h8-11,14H,2-7H2,1H3. The molecule has 1 aromatic rings. The van der Waals surface area contributed by atoms with Crippen molar-refractivity contribution in [3.63, 3.8) is 0 Å². The average Bonchev–Trinajstić information content (AvgIpc) is 2.81. The molecule has 16 heavy (non-hydrogen) atoms. The molecule has 0 amide bonds. The normalized spacial score (nSPS) is 23.2. The van der Waals surface area contributed by atoms with Crippen LogP contribution in [0.5, 0.6) is 0 Å². The molecule has 1 aliphatic rings. The van der Waals surface area contributed by atoms with Crippen LogP contribution in [0.25, 0.3) is 0 Å². The molecule has 1 saturated heterocycles. The Kier molecular flexibility index (Phi) is 4.30. The van der Waals surface area contributed by atoms with Crippen LogP contribution in [0.2, 0.25) is 0 Å². The molecular formula is C11H20N4O. The highest BCUT2D eigenvalue weighted by Crippen LogP contribution is 2.07. The molecule has 0 aromatic carbocycles. The number of nitrogens with zero attached hydrogens (tertiary/aromatic N) is 3. The van der Waals surface area contributed by atoms with Gasteiger partial charge in [-0.05, 0) is 26.2 Å². The SMILES string of the molecule is CC(CCn1cncn1)NC1CCCOC1. The summed E-state index contributed by atoms with van der Waals surface area (Å²) >= 11 is 0. The van der Waals surface area contributed by atoms with E-state index in [4.69, 9.17) is 4.74 Å². The molecular weight excluding hydrogens is 204 g/mol. The lowest BCUT2D eigenvalue weighted by Gasteiger charge is -2.26. The molecule has 1 N–H and O–H groups in total. The minimum Gasteiger partial charge on any atom is -0.380 e. The largest absolute Gasteiger partial charge is 0.380 e. The Morgan fingerprint density at radius 1 is 1.62 bits per heavy atom. The number of ether oxygens (including phenoxy) is 1. The zero-order valence-electron chi connectivity index (χ0n) is 9.80. The summed E-state index contributed by atoms with van der Waals surface area (Å²) < 4.78 is 7.31. The summed E-state index contributed by atoms with van der Waals surface area (Å²) in [6, 6.07) is 1.02. The lowest BCUT2D eigenvalue weighted by Crippen LogP contribution is -2.42. The Balaban J connectivity index is 1.65. The molecule has 0 radical (unpaired) electrons. The van der Waals surface area contributed by atoms with Crippen LogP contribution in [0.15, 0.2) is 12.7 Å². The van der Waals surface area contributed by atoms with E-state index in [-0.39, 0.29) is 0 Å². The summed E-state index contributed by atoms with van der Waals surface area (Å²) in [4.78, 5) is 3.93. The number of aromatic nitrogens is 3. The third kappa shape index (κ3) is 3.57. The highest BCUT2D eigenvalue weighted by Gasteiger charge is 2.15. The summed E-state index contributed by atoms with van der Waals surface area (Å²) in [6.45, 7) is 4.91. The van der Waals surface area contributed by atoms with Crippen molar-refractivity contribution in [2.24, 2.45) is 0 Å². The van der Waals surface area contributed by atoms with Gasteiger partial charge in [0.1, 0.15) is 12.7 Å². The molecule has 2 atom stereocenters. The summed E-state index contributed by atoms with van der Waals surface area (Å²) in [5, 5.41) is 7.68. The lowest BCUT2D eigenvalue weighted by atomic mass is 10.1. The summed E-state index contributed by atoms with van der Waals surface area (Å²) in [5.41, 5.74) is 0. The fourth-order valence-corrected chi connectivity index (χ4v) is 2.03. The van der Waals surface area contributed by atoms with E-state index in [1.54, 1.807) is 12.7 Å². The number of hydrogen-bond donors (Lipinski definition) is 1. The smallest absolute Gasteiger partial charge is 0.137 e. The van der Waals surface area contributed by atoms with Gasteiger partial charge in [-0.3, -0.25) is 4.68 Å². The molecule has 90 valence electrons. The topological polar surface area (TPSA) is 52.0 Å². The second kappa shape index (κ2) is 5.96. The van der Waals surface area contributed by atoms with Gasteiger partial charge in [-0.25, -0.2) is 4.98 Å². The molecule has 1 aromatic heterocycles. The molecule has 1 aliphatic heterocycles. The first kappa shape index (κ1) is 11.5. The van der Waals surface area contributed by atoms with Crippen molar-refractivity contribution in [3.8, 4) is 0 Å². The summed E-state index contributed by atoms with van der Waals surface area (Å²) in [6.07, 6.45) is 6.81. The van der Waals surface area contributed by atoms with E-state index < -0.39 is 0 Å². The van der Waals surface area contributed by atoms with E-state index >= 15 is 0 Å². The fraction of sp³-hybridized carbons (Fsp3) is 0.818. The Morgan fingerprint density at radius 2 is 2.56 bits per heavy atom. The fourth-order valence-electron chi connectivity index (χ4n) is 2.03. The average molecular weight is 224 g/mol. The van der Waals surface area contributed by atoms with Crippen LogP contribution >= 0.6 is 0 Å². The van der Waals surface area contributed by atoms with Gasteiger partial charge >= 0.3 is 0 Å². The molecule has 2 rings (SSSR count). The Hall–Kier alpha value is -0.940. The number of rotatable bonds is 5. The third-order valence-electron chi connectivity index (χ3n) is 2.94. The molecule has 0 spiro atoms. The van der Waals surface area contributed by atoms with Gasteiger partial charge in [-0.1, -0.05) is 0 Å².